The largest absolute Gasteiger partial charge is 0.254 e. The van der Waals surface area contributed by atoms with Crippen LogP contribution in [0, 0.1) is 6.92 Å². The van der Waals surface area contributed by atoms with Crippen molar-refractivity contribution in [1.29, 1.82) is 0 Å². The highest BCUT2D eigenvalue weighted by Crippen LogP contribution is 2.14. The quantitative estimate of drug-likeness (QED) is 0.737. The summed E-state index contributed by atoms with van der Waals surface area (Å²) in [6.45, 7) is 9.01. The standard InChI is InChI=1S/C12H20OSSi/c1-11-5-7-12(8-6-11)14(13)9-10-15(2,3)4/h5-8H,9-10H2,1-4H3/t14-/m1/s1. The first kappa shape index (κ1) is 12.7. The second-order valence-corrected chi connectivity index (χ2v) is 12.4. The molecule has 15 heavy (non-hydrogen) atoms. The van der Waals surface area contributed by atoms with Crippen LogP contribution in [0.25, 0.3) is 0 Å². The summed E-state index contributed by atoms with van der Waals surface area (Å²) in [6, 6.07) is 9.16. The molecule has 0 spiro atoms. The van der Waals surface area contributed by atoms with Gasteiger partial charge in [0, 0.05) is 18.7 Å². The average Bonchev–Trinajstić information content (AvgIpc) is 2.14. The van der Waals surface area contributed by atoms with E-state index in [4.69, 9.17) is 0 Å². The van der Waals surface area contributed by atoms with Crippen LogP contribution in [0.15, 0.2) is 29.2 Å². The second kappa shape index (κ2) is 5.08. The number of benzene rings is 1. The van der Waals surface area contributed by atoms with E-state index in [1.807, 2.05) is 24.3 Å². The fourth-order valence-corrected chi connectivity index (χ4v) is 5.07. The van der Waals surface area contributed by atoms with E-state index in [0.29, 0.717) is 0 Å². The lowest BCUT2D eigenvalue weighted by molar-refractivity contribution is 0.683. The Morgan fingerprint density at radius 3 is 2.13 bits per heavy atom. The molecule has 0 fully saturated rings. The fraction of sp³-hybridized carbons (Fsp3) is 0.500. The molecule has 0 N–H and O–H groups in total. The van der Waals surface area contributed by atoms with E-state index in [2.05, 4.69) is 26.6 Å². The molecule has 0 aliphatic carbocycles. The highest BCUT2D eigenvalue weighted by atomic mass is 32.2. The van der Waals surface area contributed by atoms with Crippen molar-refractivity contribution in [2.45, 2.75) is 37.5 Å². The van der Waals surface area contributed by atoms with E-state index in [0.717, 1.165) is 16.7 Å². The van der Waals surface area contributed by atoms with Gasteiger partial charge in [0.05, 0.1) is 10.8 Å². The van der Waals surface area contributed by atoms with Crippen LogP contribution < -0.4 is 0 Å². The summed E-state index contributed by atoms with van der Waals surface area (Å²) in [6.07, 6.45) is 0. The van der Waals surface area contributed by atoms with Crippen molar-refractivity contribution >= 4 is 18.9 Å². The molecule has 0 saturated heterocycles. The van der Waals surface area contributed by atoms with Gasteiger partial charge in [0.2, 0.25) is 0 Å². The Hall–Kier alpha value is -0.413. The molecule has 0 aliphatic heterocycles. The molecule has 84 valence electrons. The van der Waals surface area contributed by atoms with E-state index in [1.165, 1.54) is 5.56 Å². The summed E-state index contributed by atoms with van der Waals surface area (Å²) < 4.78 is 11.9. The minimum absolute atomic E-state index is 0.803. The first-order valence-corrected chi connectivity index (χ1v) is 10.4. The predicted molar refractivity (Wildman–Crippen MR) is 70.6 cm³/mol. The van der Waals surface area contributed by atoms with Crippen LogP contribution in [0.1, 0.15) is 5.56 Å². The molecule has 1 rings (SSSR count). The lowest BCUT2D eigenvalue weighted by atomic mass is 10.2. The zero-order valence-electron chi connectivity index (χ0n) is 10.0. The normalized spacial score (nSPS) is 13.9. The van der Waals surface area contributed by atoms with Crippen molar-refractivity contribution in [3.8, 4) is 0 Å². The van der Waals surface area contributed by atoms with Gasteiger partial charge in [-0.15, -0.1) is 0 Å². The SMILES string of the molecule is Cc1ccc([S@](=O)CC[Si](C)(C)C)cc1. The van der Waals surface area contributed by atoms with Crippen molar-refractivity contribution < 1.29 is 4.21 Å². The Morgan fingerprint density at radius 2 is 1.67 bits per heavy atom. The third-order valence-corrected chi connectivity index (χ3v) is 5.81. The highest BCUT2D eigenvalue weighted by molar-refractivity contribution is 7.85. The molecule has 0 aliphatic rings. The molecule has 1 aromatic carbocycles. The molecule has 0 unspecified atom stereocenters. The van der Waals surface area contributed by atoms with Gasteiger partial charge in [-0.2, -0.15) is 0 Å². The van der Waals surface area contributed by atoms with Crippen LogP contribution in [0.5, 0.6) is 0 Å². The van der Waals surface area contributed by atoms with E-state index >= 15 is 0 Å². The molecule has 0 saturated carbocycles. The van der Waals surface area contributed by atoms with Crippen LogP contribution in [0.2, 0.25) is 25.7 Å². The lowest BCUT2D eigenvalue weighted by Gasteiger charge is -2.14. The summed E-state index contributed by atoms with van der Waals surface area (Å²) in [7, 11) is -1.86. The van der Waals surface area contributed by atoms with Gasteiger partial charge in [0.15, 0.2) is 0 Å². The summed E-state index contributed by atoms with van der Waals surface area (Å²) in [5.41, 5.74) is 1.22. The third kappa shape index (κ3) is 4.75. The molecule has 1 aromatic rings. The molecular weight excluding hydrogens is 220 g/mol. The monoisotopic (exact) mass is 240 g/mol. The van der Waals surface area contributed by atoms with Crippen molar-refractivity contribution in [3.63, 3.8) is 0 Å². The molecule has 1 atom stereocenters. The molecule has 0 radical (unpaired) electrons. The van der Waals surface area contributed by atoms with Crippen LogP contribution >= 0.6 is 0 Å². The van der Waals surface area contributed by atoms with Gasteiger partial charge in [-0.25, -0.2) is 0 Å². The maximum atomic E-state index is 11.9. The molecule has 0 aromatic heterocycles. The Labute approximate surface area is 96.4 Å². The molecule has 0 bridgehead atoms. The smallest absolute Gasteiger partial charge is 0.0526 e. The first-order chi connectivity index (χ1) is 6.88. The summed E-state index contributed by atoms with van der Waals surface area (Å²) in [4.78, 5) is 0.971. The Morgan fingerprint density at radius 1 is 1.13 bits per heavy atom. The van der Waals surface area contributed by atoms with Gasteiger partial charge in [-0.1, -0.05) is 37.3 Å². The van der Waals surface area contributed by atoms with Crippen molar-refractivity contribution in [1.82, 2.24) is 0 Å². The predicted octanol–water partition coefficient (Wildman–Crippen LogP) is 3.44. The van der Waals surface area contributed by atoms with Gasteiger partial charge in [-0.05, 0) is 25.1 Å². The maximum absolute atomic E-state index is 11.9. The second-order valence-electron chi connectivity index (χ2n) is 5.17. The van der Waals surface area contributed by atoms with E-state index in [-0.39, 0.29) is 0 Å². The Bertz CT molecular complexity index is 338. The van der Waals surface area contributed by atoms with Crippen molar-refractivity contribution in [3.05, 3.63) is 29.8 Å². The highest BCUT2D eigenvalue weighted by Gasteiger charge is 2.14. The van der Waals surface area contributed by atoms with Crippen molar-refractivity contribution in [2.75, 3.05) is 5.75 Å². The molecule has 0 heterocycles. The zero-order chi connectivity index (χ0) is 11.5. The van der Waals surface area contributed by atoms with Gasteiger partial charge < -0.3 is 0 Å². The Kier molecular flexibility index (Phi) is 4.29. The van der Waals surface area contributed by atoms with Gasteiger partial charge in [0.25, 0.3) is 0 Å². The third-order valence-electron chi connectivity index (χ3n) is 2.32. The van der Waals surface area contributed by atoms with Crippen molar-refractivity contribution in [2.24, 2.45) is 0 Å². The van der Waals surface area contributed by atoms with E-state index < -0.39 is 18.9 Å². The molecular formula is C12H20OSSi. The average molecular weight is 240 g/mol. The number of aryl methyl sites for hydroxylation is 1. The van der Waals surface area contributed by atoms with Gasteiger partial charge in [0.1, 0.15) is 0 Å². The summed E-state index contributed by atoms with van der Waals surface area (Å²) >= 11 is 0. The van der Waals surface area contributed by atoms with E-state index in [1.54, 1.807) is 0 Å². The lowest BCUT2D eigenvalue weighted by Crippen LogP contribution is -2.22. The first-order valence-electron chi connectivity index (χ1n) is 5.33. The number of hydrogen-bond donors (Lipinski definition) is 0. The number of rotatable bonds is 4. The molecule has 3 heteroatoms. The summed E-state index contributed by atoms with van der Waals surface area (Å²) in [5.74, 6) is 0.818. The van der Waals surface area contributed by atoms with Crippen LogP contribution in [0.4, 0.5) is 0 Å². The molecule has 0 amide bonds. The topological polar surface area (TPSA) is 17.1 Å². The van der Waals surface area contributed by atoms with Crippen LogP contribution in [-0.4, -0.2) is 18.0 Å². The zero-order valence-corrected chi connectivity index (χ0v) is 11.9. The maximum Gasteiger partial charge on any atom is 0.0526 e. The van der Waals surface area contributed by atoms with Crippen LogP contribution in [0.3, 0.4) is 0 Å². The van der Waals surface area contributed by atoms with E-state index in [9.17, 15) is 4.21 Å². The van der Waals surface area contributed by atoms with Gasteiger partial charge in [-0.3, -0.25) is 4.21 Å². The number of hydrogen-bond acceptors (Lipinski definition) is 1. The Balaban J connectivity index is 2.58. The van der Waals surface area contributed by atoms with Gasteiger partial charge >= 0.3 is 0 Å². The summed E-state index contributed by atoms with van der Waals surface area (Å²) in [5, 5.41) is 0. The van der Waals surface area contributed by atoms with Crippen LogP contribution in [-0.2, 0) is 10.8 Å². The molecule has 1 nitrogen and oxygen atoms in total. The minimum Gasteiger partial charge on any atom is -0.254 e. The fourth-order valence-electron chi connectivity index (χ4n) is 1.21. The minimum atomic E-state index is -1.06.